The zero-order chi connectivity index (χ0) is 25.0. The van der Waals surface area contributed by atoms with Crippen molar-refractivity contribution in [3.63, 3.8) is 0 Å². The molecule has 14 heteroatoms. The number of pyridine rings is 2. The van der Waals surface area contributed by atoms with Crippen LogP contribution in [0.4, 0.5) is 13.2 Å². The highest BCUT2D eigenvalue weighted by atomic mass is 32.3. The zero-order valence-corrected chi connectivity index (χ0v) is 17.7. The molecule has 34 heavy (non-hydrogen) atoms. The minimum Gasteiger partial charge on any atom is -0.506 e. The molecule has 180 valence electrons. The Bertz CT molecular complexity index is 1390. The molecule has 0 saturated carbocycles. The predicted molar refractivity (Wildman–Crippen MR) is 113 cm³/mol. The van der Waals surface area contributed by atoms with Gasteiger partial charge in [0.25, 0.3) is 11.5 Å². The van der Waals surface area contributed by atoms with Gasteiger partial charge in [-0.05, 0) is 23.8 Å². The van der Waals surface area contributed by atoms with E-state index in [2.05, 4.69) is 4.98 Å². The molecule has 10 nitrogen and oxygen atoms in total. The van der Waals surface area contributed by atoms with Crippen LogP contribution in [0.3, 0.4) is 0 Å². The molecule has 1 aliphatic heterocycles. The molecule has 1 aromatic carbocycles. The van der Waals surface area contributed by atoms with Gasteiger partial charge in [-0.3, -0.25) is 28.5 Å². The maximum absolute atomic E-state index is 13.2. The van der Waals surface area contributed by atoms with Crippen LogP contribution < -0.4 is 10.9 Å². The average Bonchev–Trinajstić information content (AvgIpc) is 2.76. The summed E-state index contributed by atoms with van der Waals surface area (Å²) in [5.41, 5.74) is -3.04. The Morgan fingerprint density at radius 1 is 1.21 bits per heavy atom. The van der Waals surface area contributed by atoms with E-state index >= 15 is 0 Å². The average molecular weight is 499 g/mol. The number of nitrogens with one attached hydrogen (secondary N) is 1. The molecule has 1 aliphatic rings. The van der Waals surface area contributed by atoms with Gasteiger partial charge in [-0.25, -0.2) is 0 Å². The number of alkyl halides is 3. The van der Waals surface area contributed by atoms with E-state index in [-0.39, 0.29) is 21.4 Å². The number of carbonyl (C=O) groups is 2. The van der Waals surface area contributed by atoms with Crippen molar-refractivity contribution in [2.24, 2.45) is 0 Å². The standard InChI is InChI=1S/C20H16F3N3O7S/c21-20(22,23)13-5-4-9(6-24-13)12-8-26-16-10(2-1-3-11(16)34(12,32)33)17(29)15(19(26)31)18(30)25-7-14(27)28/h1-6,12,29,32-33H,7-8H2,(H,25,30)(H,27,28). The molecule has 0 saturated heterocycles. The first-order chi connectivity index (χ1) is 15.8. The Morgan fingerprint density at radius 2 is 1.91 bits per heavy atom. The number of aliphatic carboxylic acids is 1. The summed E-state index contributed by atoms with van der Waals surface area (Å²) in [5.74, 6) is -3.32. The van der Waals surface area contributed by atoms with Gasteiger partial charge in [0.2, 0.25) is 0 Å². The van der Waals surface area contributed by atoms with Crippen molar-refractivity contribution < 1.29 is 42.1 Å². The Balaban J connectivity index is 1.89. The van der Waals surface area contributed by atoms with Crippen LogP contribution in [0.1, 0.15) is 26.9 Å². The van der Waals surface area contributed by atoms with Crippen molar-refractivity contribution in [2.45, 2.75) is 22.9 Å². The zero-order valence-electron chi connectivity index (χ0n) is 16.9. The van der Waals surface area contributed by atoms with Crippen molar-refractivity contribution in [1.29, 1.82) is 0 Å². The molecular weight excluding hydrogens is 483 g/mol. The minimum absolute atomic E-state index is 0.00695. The molecular formula is C20H16F3N3O7S. The number of carboxylic acids is 1. The topological polar surface area (TPSA) is 162 Å². The van der Waals surface area contributed by atoms with Gasteiger partial charge in [0.1, 0.15) is 23.6 Å². The molecule has 1 unspecified atom stereocenters. The van der Waals surface area contributed by atoms with Crippen molar-refractivity contribution in [1.82, 2.24) is 14.9 Å². The lowest BCUT2D eigenvalue weighted by Gasteiger charge is -2.44. The molecule has 5 N–H and O–H groups in total. The molecule has 2 aromatic heterocycles. The van der Waals surface area contributed by atoms with Crippen LogP contribution in [0.15, 0.2) is 46.2 Å². The van der Waals surface area contributed by atoms with Crippen LogP contribution in [0, 0.1) is 0 Å². The van der Waals surface area contributed by atoms with Gasteiger partial charge in [0.15, 0.2) is 0 Å². The van der Waals surface area contributed by atoms with E-state index in [0.29, 0.717) is 6.07 Å². The second-order valence-corrected chi connectivity index (χ2v) is 9.62. The first-order valence-corrected chi connectivity index (χ1v) is 11.1. The van der Waals surface area contributed by atoms with Crippen molar-refractivity contribution in [2.75, 3.05) is 6.54 Å². The van der Waals surface area contributed by atoms with Crippen LogP contribution in [0.5, 0.6) is 5.75 Å². The summed E-state index contributed by atoms with van der Waals surface area (Å²) in [5, 5.41) is 20.0. The van der Waals surface area contributed by atoms with Crippen LogP contribution in [0.25, 0.3) is 10.9 Å². The first kappa shape index (κ1) is 23.5. The number of halogens is 3. The third-order valence-corrected chi connectivity index (χ3v) is 7.56. The Labute approximate surface area is 189 Å². The van der Waals surface area contributed by atoms with E-state index < -0.39 is 69.5 Å². The van der Waals surface area contributed by atoms with Crippen LogP contribution in [-0.4, -0.2) is 47.3 Å². The molecule has 3 heterocycles. The van der Waals surface area contributed by atoms with Crippen LogP contribution >= 0.6 is 10.6 Å². The summed E-state index contributed by atoms with van der Waals surface area (Å²) in [6, 6.07) is 5.65. The Morgan fingerprint density at radius 3 is 2.50 bits per heavy atom. The first-order valence-electron chi connectivity index (χ1n) is 9.52. The number of rotatable bonds is 4. The second-order valence-electron chi connectivity index (χ2n) is 7.42. The summed E-state index contributed by atoms with van der Waals surface area (Å²) in [7, 11) is -3.75. The van der Waals surface area contributed by atoms with E-state index in [1.807, 2.05) is 5.32 Å². The molecule has 3 aromatic rings. The third kappa shape index (κ3) is 3.74. The highest BCUT2D eigenvalue weighted by Crippen LogP contribution is 2.64. The van der Waals surface area contributed by atoms with E-state index in [1.165, 1.54) is 18.2 Å². The third-order valence-electron chi connectivity index (χ3n) is 5.36. The molecule has 0 radical (unpaired) electrons. The number of aromatic nitrogens is 2. The number of hydrogen-bond donors (Lipinski definition) is 5. The number of aromatic hydroxyl groups is 1. The fourth-order valence-corrected chi connectivity index (χ4v) is 5.78. The summed E-state index contributed by atoms with van der Waals surface area (Å²) in [6.45, 7) is -1.28. The van der Waals surface area contributed by atoms with Crippen LogP contribution in [0.2, 0.25) is 0 Å². The smallest absolute Gasteiger partial charge is 0.433 e. The number of nitrogens with zero attached hydrogens (tertiary/aromatic N) is 2. The van der Waals surface area contributed by atoms with Crippen LogP contribution in [-0.2, 0) is 17.5 Å². The molecule has 4 rings (SSSR count). The monoisotopic (exact) mass is 499 g/mol. The number of amides is 1. The summed E-state index contributed by atoms with van der Waals surface area (Å²) >= 11 is 0. The quantitative estimate of drug-likeness (QED) is 0.366. The largest absolute Gasteiger partial charge is 0.506 e. The highest BCUT2D eigenvalue weighted by molar-refractivity contribution is 8.24. The number of carbonyl (C=O) groups excluding carboxylic acids is 1. The normalized spacial score (nSPS) is 17.9. The van der Waals surface area contributed by atoms with Gasteiger partial charge in [-0.15, -0.1) is 0 Å². The number of carboxylic acid groups (broad SMARTS) is 1. The number of benzene rings is 1. The lowest BCUT2D eigenvalue weighted by molar-refractivity contribution is -0.141. The lowest BCUT2D eigenvalue weighted by Crippen LogP contribution is -2.38. The van der Waals surface area contributed by atoms with E-state index in [1.54, 1.807) is 0 Å². The predicted octanol–water partition coefficient (Wildman–Crippen LogP) is 2.80. The van der Waals surface area contributed by atoms with Crippen molar-refractivity contribution >= 4 is 33.4 Å². The molecule has 1 amide bonds. The maximum atomic E-state index is 13.2. The van der Waals surface area contributed by atoms with Crippen molar-refractivity contribution in [3.8, 4) is 5.75 Å². The van der Waals surface area contributed by atoms with Crippen molar-refractivity contribution in [3.05, 3.63) is 63.7 Å². The van der Waals surface area contributed by atoms with Gasteiger partial charge >= 0.3 is 12.1 Å². The lowest BCUT2D eigenvalue weighted by atomic mass is 10.1. The molecule has 0 fully saturated rings. The van der Waals surface area contributed by atoms with E-state index in [4.69, 9.17) is 5.11 Å². The fraction of sp³-hybridized carbons (Fsp3) is 0.200. The van der Waals surface area contributed by atoms with Gasteiger partial charge in [0, 0.05) is 11.6 Å². The van der Waals surface area contributed by atoms with E-state index in [0.717, 1.165) is 16.8 Å². The summed E-state index contributed by atoms with van der Waals surface area (Å²) in [6.07, 6.45) is -3.88. The second kappa shape index (κ2) is 8.00. The molecule has 0 bridgehead atoms. The van der Waals surface area contributed by atoms with E-state index in [9.17, 15) is 41.8 Å². The SMILES string of the molecule is O=C(O)CNC(=O)c1c(O)c2cccc3c2n(c1=O)CC(c1ccc(C(F)(F)F)nc1)S3(O)O. The maximum Gasteiger partial charge on any atom is 0.433 e. The van der Waals surface area contributed by atoms with Gasteiger partial charge in [-0.1, -0.05) is 12.1 Å². The number of hydrogen-bond acceptors (Lipinski definition) is 7. The van der Waals surface area contributed by atoms with Gasteiger partial charge < -0.3 is 20.1 Å². The highest BCUT2D eigenvalue weighted by Gasteiger charge is 2.40. The van der Waals surface area contributed by atoms with Gasteiger partial charge in [-0.2, -0.15) is 23.8 Å². The summed E-state index contributed by atoms with van der Waals surface area (Å²) in [4.78, 5) is 39.6. The minimum atomic E-state index is -4.71. The Kier molecular flexibility index (Phi) is 5.54. The molecule has 0 spiro atoms. The Hall–Kier alpha value is -3.62. The van der Waals surface area contributed by atoms with Gasteiger partial charge in [0.05, 0.1) is 22.2 Å². The molecule has 0 aliphatic carbocycles. The number of para-hydroxylation sites is 1. The molecule has 1 atom stereocenters. The fourth-order valence-electron chi connectivity index (χ4n) is 3.81. The summed E-state index contributed by atoms with van der Waals surface area (Å²) < 4.78 is 61.7.